The fourth-order valence-electron chi connectivity index (χ4n) is 1.66. The van der Waals surface area contributed by atoms with E-state index in [-0.39, 0.29) is 0 Å². The number of carbonyl (C=O) groups is 1. The molecule has 0 bridgehead atoms. The lowest BCUT2D eigenvalue weighted by molar-refractivity contribution is -0.152. The Morgan fingerprint density at radius 1 is 1.54 bits per heavy atom. The zero-order valence-corrected chi connectivity index (χ0v) is 8.37. The van der Waals surface area contributed by atoms with Crippen molar-refractivity contribution in [2.24, 2.45) is 5.41 Å². The molecule has 1 heterocycles. The van der Waals surface area contributed by atoms with Crippen molar-refractivity contribution in [3.63, 3.8) is 0 Å². The molecule has 0 aromatic heterocycles. The first-order valence-corrected chi connectivity index (χ1v) is 4.41. The molecule has 0 radical (unpaired) electrons. The van der Waals surface area contributed by atoms with E-state index in [9.17, 15) is 9.90 Å². The normalized spacial score (nSPS) is 22.5. The van der Waals surface area contributed by atoms with Crippen LogP contribution in [-0.2, 0) is 4.79 Å². The Morgan fingerprint density at radius 2 is 2.00 bits per heavy atom. The summed E-state index contributed by atoms with van der Waals surface area (Å²) >= 11 is 0. The minimum Gasteiger partial charge on any atom is -0.481 e. The van der Waals surface area contributed by atoms with Crippen LogP contribution in [0.3, 0.4) is 0 Å². The van der Waals surface area contributed by atoms with Crippen LogP contribution >= 0.6 is 0 Å². The molecule has 4 heteroatoms. The number of rotatable bonds is 3. The molecule has 0 aliphatic carbocycles. The quantitative estimate of drug-likeness (QED) is 0.661. The highest BCUT2D eigenvalue weighted by Gasteiger charge is 2.40. The molecule has 0 unspecified atom stereocenters. The van der Waals surface area contributed by atoms with E-state index in [0.717, 1.165) is 0 Å². The topological polar surface area (TPSA) is 60.8 Å². The summed E-state index contributed by atoms with van der Waals surface area (Å²) in [5, 5.41) is 18.3. The monoisotopic (exact) mass is 187 g/mol. The molecule has 13 heavy (non-hydrogen) atoms. The van der Waals surface area contributed by atoms with Gasteiger partial charge in [0.05, 0.1) is 11.0 Å². The minimum absolute atomic E-state index is 0.498. The van der Waals surface area contributed by atoms with E-state index in [1.807, 2.05) is 4.90 Å². The molecule has 0 amide bonds. The molecular weight excluding hydrogens is 170 g/mol. The van der Waals surface area contributed by atoms with Gasteiger partial charge in [-0.25, -0.2) is 0 Å². The van der Waals surface area contributed by atoms with Gasteiger partial charge in [-0.15, -0.1) is 0 Å². The van der Waals surface area contributed by atoms with Crippen molar-refractivity contribution in [2.75, 3.05) is 19.6 Å². The smallest absolute Gasteiger partial charge is 0.310 e. The lowest BCUT2D eigenvalue weighted by Crippen LogP contribution is -2.62. The van der Waals surface area contributed by atoms with Crippen molar-refractivity contribution in [3.05, 3.63) is 0 Å². The minimum atomic E-state index is -0.793. The Hall–Kier alpha value is -0.610. The van der Waals surface area contributed by atoms with Crippen LogP contribution in [0.1, 0.15) is 20.8 Å². The molecule has 0 spiro atoms. The Kier molecular flexibility index (Phi) is 2.38. The molecule has 4 nitrogen and oxygen atoms in total. The van der Waals surface area contributed by atoms with Gasteiger partial charge < -0.3 is 10.2 Å². The largest absolute Gasteiger partial charge is 0.481 e. The second-order valence-corrected chi connectivity index (χ2v) is 4.83. The Balaban J connectivity index is 2.40. The van der Waals surface area contributed by atoms with Gasteiger partial charge >= 0.3 is 5.97 Å². The SMILES string of the molecule is CC1(O)CN(CC(C)(C)C(=O)O)C1. The maximum atomic E-state index is 10.8. The van der Waals surface area contributed by atoms with Gasteiger partial charge in [-0.3, -0.25) is 9.69 Å². The molecule has 1 saturated heterocycles. The van der Waals surface area contributed by atoms with Crippen LogP contribution in [0.15, 0.2) is 0 Å². The fraction of sp³-hybridized carbons (Fsp3) is 0.889. The van der Waals surface area contributed by atoms with E-state index >= 15 is 0 Å². The standard InChI is InChI=1S/C9H17NO3/c1-8(2,7(11)12)4-10-5-9(3,13)6-10/h13H,4-6H2,1-3H3,(H,11,12). The third-order valence-corrected chi connectivity index (χ3v) is 2.33. The first-order valence-electron chi connectivity index (χ1n) is 4.41. The molecule has 0 aromatic carbocycles. The predicted molar refractivity (Wildman–Crippen MR) is 48.5 cm³/mol. The van der Waals surface area contributed by atoms with Gasteiger partial charge in [-0.2, -0.15) is 0 Å². The summed E-state index contributed by atoms with van der Waals surface area (Å²) in [7, 11) is 0. The molecular formula is C9H17NO3. The average Bonchev–Trinajstić information content (AvgIpc) is 1.81. The summed E-state index contributed by atoms with van der Waals surface area (Å²) < 4.78 is 0. The van der Waals surface area contributed by atoms with Crippen molar-refractivity contribution >= 4 is 5.97 Å². The summed E-state index contributed by atoms with van der Waals surface area (Å²) in [6, 6.07) is 0. The summed E-state index contributed by atoms with van der Waals surface area (Å²) in [6.45, 7) is 6.80. The van der Waals surface area contributed by atoms with Gasteiger partial charge in [0, 0.05) is 19.6 Å². The van der Waals surface area contributed by atoms with Crippen molar-refractivity contribution in [2.45, 2.75) is 26.4 Å². The molecule has 0 atom stereocenters. The number of nitrogens with zero attached hydrogens (tertiary/aromatic N) is 1. The zero-order valence-electron chi connectivity index (χ0n) is 8.37. The van der Waals surface area contributed by atoms with Crippen molar-refractivity contribution in [1.82, 2.24) is 4.90 Å². The molecule has 1 fully saturated rings. The summed E-state index contributed by atoms with van der Waals surface area (Å²) in [6.07, 6.45) is 0. The fourth-order valence-corrected chi connectivity index (χ4v) is 1.66. The lowest BCUT2D eigenvalue weighted by Gasteiger charge is -2.46. The first-order chi connectivity index (χ1) is 5.73. The Morgan fingerprint density at radius 3 is 2.31 bits per heavy atom. The van der Waals surface area contributed by atoms with E-state index < -0.39 is 17.0 Å². The Labute approximate surface area is 78.2 Å². The van der Waals surface area contributed by atoms with Gasteiger partial charge in [0.15, 0.2) is 0 Å². The number of carboxylic acids is 1. The molecule has 0 aromatic rings. The predicted octanol–water partition coefficient (Wildman–Crippen LogP) is 0.164. The number of hydrogen-bond acceptors (Lipinski definition) is 3. The third kappa shape index (κ3) is 2.42. The van der Waals surface area contributed by atoms with E-state index in [2.05, 4.69) is 0 Å². The average molecular weight is 187 g/mol. The molecule has 1 rings (SSSR count). The zero-order chi connectivity index (χ0) is 10.3. The molecule has 2 N–H and O–H groups in total. The van der Waals surface area contributed by atoms with Crippen LogP contribution in [-0.4, -0.2) is 46.3 Å². The highest BCUT2D eigenvalue weighted by Crippen LogP contribution is 2.25. The maximum absolute atomic E-state index is 10.8. The number of likely N-dealkylation sites (tertiary alicyclic amines) is 1. The van der Waals surface area contributed by atoms with Crippen LogP contribution < -0.4 is 0 Å². The van der Waals surface area contributed by atoms with Crippen LogP contribution in [0.2, 0.25) is 0 Å². The van der Waals surface area contributed by atoms with Crippen LogP contribution in [0.25, 0.3) is 0 Å². The molecule has 1 aliphatic rings. The third-order valence-electron chi connectivity index (χ3n) is 2.33. The van der Waals surface area contributed by atoms with Crippen molar-refractivity contribution in [3.8, 4) is 0 Å². The van der Waals surface area contributed by atoms with Crippen LogP contribution in [0.4, 0.5) is 0 Å². The summed E-state index contributed by atoms with van der Waals surface area (Å²) in [5.74, 6) is -0.793. The molecule has 76 valence electrons. The first kappa shape index (κ1) is 10.5. The van der Waals surface area contributed by atoms with E-state index in [0.29, 0.717) is 19.6 Å². The van der Waals surface area contributed by atoms with Gasteiger partial charge in [0.1, 0.15) is 0 Å². The summed E-state index contributed by atoms with van der Waals surface area (Å²) in [4.78, 5) is 12.7. The lowest BCUT2D eigenvalue weighted by atomic mass is 9.88. The Bertz CT molecular complexity index is 215. The van der Waals surface area contributed by atoms with Crippen molar-refractivity contribution < 1.29 is 15.0 Å². The second-order valence-electron chi connectivity index (χ2n) is 4.83. The molecule has 0 saturated carbocycles. The van der Waals surface area contributed by atoms with E-state index in [1.165, 1.54) is 0 Å². The number of carboxylic acid groups (broad SMARTS) is 1. The highest BCUT2D eigenvalue weighted by molar-refractivity contribution is 5.73. The number of aliphatic hydroxyl groups is 1. The number of hydrogen-bond donors (Lipinski definition) is 2. The van der Waals surface area contributed by atoms with Crippen LogP contribution in [0.5, 0.6) is 0 Å². The van der Waals surface area contributed by atoms with Gasteiger partial charge in [0.25, 0.3) is 0 Å². The van der Waals surface area contributed by atoms with Crippen molar-refractivity contribution in [1.29, 1.82) is 0 Å². The summed E-state index contributed by atoms with van der Waals surface area (Å²) in [5.41, 5.74) is -1.34. The van der Waals surface area contributed by atoms with Crippen LogP contribution in [0, 0.1) is 5.41 Å². The van der Waals surface area contributed by atoms with Gasteiger partial charge in [-0.05, 0) is 20.8 Å². The highest BCUT2D eigenvalue weighted by atomic mass is 16.4. The van der Waals surface area contributed by atoms with Gasteiger partial charge in [-0.1, -0.05) is 0 Å². The number of β-amino-alcohol motifs (C(OH)–C–C–N with tert-alkyl or cyclic N) is 1. The van der Waals surface area contributed by atoms with Gasteiger partial charge in [0.2, 0.25) is 0 Å². The van der Waals surface area contributed by atoms with E-state index in [1.54, 1.807) is 20.8 Å². The number of aliphatic carboxylic acids is 1. The maximum Gasteiger partial charge on any atom is 0.310 e. The van der Waals surface area contributed by atoms with E-state index in [4.69, 9.17) is 5.11 Å². The second kappa shape index (κ2) is 2.96. The molecule has 1 aliphatic heterocycles.